The van der Waals surface area contributed by atoms with E-state index in [0.717, 1.165) is 35.9 Å². The van der Waals surface area contributed by atoms with Gasteiger partial charge in [-0.25, -0.2) is 0 Å². The van der Waals surface area contributed by atoms with Crippen LogP contribution < -0.4 is 9.80 Å². The van der Waals surface area contributed by atoms with Gasteiger partial charge >= 0.3 is 0 Å². The molecular weight excluding hydrogens is 358 g/mol. The van der Waals surface area contributed by atoms with Crippen molar-refractivity contribution >= 4 is 17.3 Å². The Bertz CT molecular complexity index is 935. The van der Waals surface area contributed by atoms with E-state index in [2.05, 4.69) is 16.8 Å². The van der Waals surface area contributed by atoms with Crippen molar-refractivity contribution in [3.8, 4) is 0 Å². The van der Waals surface area contributed by atoms with E-state index in [1.807, 2.05) is 77.8 Å². The average molecular weight is 386 g/mol. The average Bonchev–Trinajstić information content (AvgIpc) is 2.79. The van der Waals surface area contributed by atoms with Crippen LogP contribution in [0.4, 0.5) is 11.4 Å². The first-order valence-electron chi connectivity index (χ1n) is 10.3. The van der Waals surface area contributed by atoms with Crippen molar-refractivity contribution in [3.63, 3.8) is 0 Å². The van der Waals surface area contributed by atoms with E-state index in [1.54, 1.807) is 6.20 Å². The number of carbonyl (C=O) groups is 1. The highest BCUT2D eigenvalue weighted by Gasteiger charge is 2.21. The Kier molecular flexibility index (Phi) is 5.89. The maximum Gasteiger partial charge on any atom is 0.260 e. The van der Waals surface area contributed by atoms with Gasteiger partial charge in [0.2, 0.25) is 0 Å². The summed E-state index contributed by atoms with van der Waals surface area (Å²) in [5.41, 5.74) is 3.65. The number of nitrogens with zero attached hydrogens (tertiary/aromatic N) is 3. The molecule has 1 aliphatic rings. The van der Waals surface area contributed by atoms with Crippen LogP contribution in [-0.4, -0.2) is 24.0 Å². The molecule has 1 aromatic heterocycles. The number of amides is 1. The summed E-state index contributed by atoms with van der Waals surface area (Å²) >= 11 is 0. The lowest BCUT2D eigenvalue weighted by atomic mass is 9.99. The van der Waals surface area contributed by atoms with E-state index in [9.17, 15) is 4.79 Å². The van der Waals surface area contributed by atoms with E-state index < -0.39 is 0 Å². The van der Waals surface area contributed by atoms with Crippen molar-refractivity contribution in [2.45, 2.75) is 26.3 Å². The first kappa shape index (κ1) is 19.2. The number of aromatic nitrogens is 1. The molecule has 2 heterocycles. The standard InChI is InChI=1S/C25H27N3O/c1-20-12-14-27(15-13-20)24-16-22(17-26-18-24)25(29)28(23-10-6-3-7-11-23)19-21-8-4-2-5-9-21/h2-11,16-18,20H,12-15,19H2,1H3. The third-order valence-electron chi connectivity index (χ3n) is 5.62. The highest BCUT2D eigenvalue weighted by Crippen LogP contribution is 2.25. The fourth-order valence-corrected chi connectivity index (χ4v) is 3.79. The molecule has 0 spiro atoms. The number of hydrogen-bond acceptors (Lipinski definition) is 3. The second-order valence-corrected chi connectivity index (χ2v) is 7.81. The minimum absolute atomic E-state index is 0.0280. The van der Waals surface area contributed by atoms with Crippen molar-refractivity contribution < 1.29 is 4.79 Å². The second kappa shape index (κ2) is 8.91. The number of para-hydroxylation sites is 1. The molecule has 1 saturated heterocycles. The van der Waals surface area contributed by atoms with Crippen LogP contribution in [0.1, 0.15) is 35.7 Å². The lowest BCUT2D eigenvalue weighted by molar-refractivity contribution is 0.0985. The molecule has 148 valence electrons. The number of pyridine rings is 1. The highest BCUT2D eigenvalue weighted by molar-refractivity contribution is 6.06. The van der Waals surface area contributed by atoms with Crippen molar-refractivity contribution in [3.05, 3.63) is 90.3 Å². The predicted octanol–water partition coefficient (Wildman–Crippen LogP) is 5.16. The molecule has 0 bridgehead atoms. The number of anilines is 2. The van der Waals surface area contributed by atoms with Gasteiger partial charge in [0.25, 0.3) is 5.91 Å². The summed E-state index contributed by atoms with van der Waals surface area (Å²) in [6, 6.07) is 21.9. The Labute approximate surface area is 172 Å². The van der Waals surface area contributed by atoms with Crippen LogP contribution in [0.5, 0.6) is 0 Å². The van der Waals surface area contributed by atoms with Crippen molar-refractivity contribution in [1.29, 1.82) is 0 Å². The molecular formula is C25H27N3O. The van der Waals surface area contributed by atoms with Crippen molar-refractivity contribution in [2.75, 3.05) is 22.9 Å². The highest BCUT2D eigenvalue weighted by atomic mass is 16.2. The molecule has 1 amide bonds. The van der Waals surface area contributed by atoms with Gasteiger partial charge in [-0.2, -0.15) is 0 Å². The third kappa shape index (κ3) is 4.65. The molecule has 3 aromatic rings. The maximum atomic E-state index is 13.5. The molecule has 0 N–H and O–H groups in total. The summed E-state index contributed by atoms with van der Waals surface area (Å²) in [6.45, 7) is 4.87. The lowest BCUT2D eigenvalue weighted by Crippen LogP contribution is -2.34. The topological polar surface area (TPSA) is 36.4 Å². The maximum absolute atomic E-state index is 13.5. The summed E-state index contributed by atoms with van der Waals surface area (Å²) in [7, 11) is 0. The van der Waals surface area contributed by atoms with Crippen LogP contribution in [0, 0.1) is 5.92 Å². The van der Waals surface area contributed by atoms with E-state index in [-0.39, 0.29) is 5.91 Å². The Morgan fingerprint density at radius 1 is 1.00 bits per heavy atom. The minimum Gasteiger partial charge on any atom is -0.370 e. The Morgan fingerprint density at radius 2 is 1.66 bits per heavy atom. The fourth-order valence-electron chi connectivity index (χ4n) is 3.79. The monoisotopic (exact) mass is 385 g/mol. The summed E-state index contributed by atoms with van der Waals surface area (Å²) in [4.78, 5) is 22.1. The largest absolute Gasteiger partial charge is 0.370 e. The number of carbonyl (C=O) groups excluding carboxylic acids is 1. The van der Waals surface area contributed by atoms with Gasteiger partial charge in [-0.3, -0.25) is 9.78 Å². The van der Waals surface area contributed by atoms with Crippen LogP contribution >= 0.6 is 0 Å². The zero-order valence-corrected chi connectivity index (χ0v) is 16.9. The minimum atomic E-state index is -0.0280. The molecule has 1 fully saturated rings. The SMILES string of the molecule is CC1CCN(c2cncc(C(=O)N(Cc3ccccc3)c3ccccc3)c2)CC1. The molecule has 2 aromatic carbocycles. The zero-order valence-electron chi connectivity index (χ0n) is 16.9. The van der Waals surface area contributed by atoms with Gasteiger partial charge < -0.3 is 9.80 Å². The molecule has 4 nitrogen and oxygen atoms in total. The zero-order chi connectivity index (χ0) is 20.1. The van der Waals surface area contributed by atoms with Crippen LogP contribution in [0.15, 0.2) is 79.1 Å². The molecule has 4 heteroatoms. The number of piperidine rings is 1. The smallest absolute Gasteiger partial charge is 0.260 e. The molecule has 0 aliphatic carbocycles. The van der Waals surface area contributed by atoms with Crippen LogP contribution in [0.3, 0.4) is 0 Å². The first-order chi connectivity index (χ1) is 14.2. The Balaban J connectivity index is 1.61. The summed E-state index contributed by atoms with van der Waals surface area (Å²) in [5.74, 6) is 0.739. The Morgan fingerprint density at radius 3 is 2.34 bits per heavy atom. The van der Waals surface area contributed by atoms with E-state index in [4.69, 9.17) is 0 Å². The second-order valence-electron chi connectivity index (χ2n) is 7.81. The normalized spacial score (nSPS) is 14.6. The molecule has 29 heavy (non-hydrogen) atoms. The number of rotatable bonds is 5. The van der Waals surface area contributed by atoms with Gasteiger partial charge in [0.05, 0.1) is 24.0 Å². The van der Waals surface area contributed by atoms with Crippen LogP contribution in [0.25, 0.3) is 0 Å². The van der Waals surface area contributed by atoms with Gasteiger partial charge in [0.15, 0.2) is 0 Å². The molecule has 0 saturated carbocycles. The van der Waals surface area contributed by atoms with Gasteiger partial charge in [-0.15, -0.1) is 0 Å². The summed E-state index contributed by atoms with van der Waals surface area (Å²) < 4.78 is 0. The molecule has 0 atom stereocenters. The number of hydrogen-bond donors (Lipinski definition) is 0. The first-order valence-corrected chi connectivity index (χ1v) is 10.3. The lowest BCUT2D eigenvalue weighted by Gasteiger charge is -2.32. The van der Waals surface area contributed by atoms with Gasteiger partial charge in [0.1, 0.15) is 0 Å². The van der Waals surface area contributed by atoms with Crippen LogP contribution in [0.2, 0.25) is 0 Å². The van der Waals surface area contributed by atoms with Gasteiger partial charge in [-0.05, 0) is 42.5 Å². The summed E-state index contributed by atoms with van der Waals surface area (Å²) in [5, 5.41) is 0. The quantitative estimate of drug-likeness (QED) is 0.608. The van der Waals surface area contributed by atoms with E-state index >= 15 is 0 Å². The molecule has 4 rings (SSSR count). The van der Waals surface area contributed by atoms with E-state index in [0.29, 0.717) is 12.1 Å². The summed E-state index contributed by atoms with van der Waals surface area (Å²) in [6.07, 6.45) is 5.92. The Hall–Kier alpha value is -3.14. The van der Waals surface area contributed by atoms with Crippen molar-refractivity contribution in [1.82, 2.24) is 4.98 Å². The van der Waals surface area contributed by atoms with E-state index in [1.165, 1.54) is 12.8 Å². The molecule has 0 unspecified atom stereocenters. The number of benzene rings is 2. The third-order valence-corrected chi connectivity index (χ3v) is 5.62. The fraction of sp³-hybridized carbons (Fsp3) is 0.280. The van der Waals surface area contributed by atoms with Gasteiger partial charge in [-0.1, -0.05) is 55.5 Å². The van der Waals surface area contributed by atoms with Gasteiger partial charge in [0, 0.05) is 25.0 Å². The molecule has 0 radical (unpaired) electrons. The van der Waals surface area contributed by atoms with Crippen LogP contribution in [-0.2, 0) is 6.54 Å². The molecule has 1 aliphatic heterocycles. The predicted molar refractivity (Wildman–Crippen MR) is 118 cm³/mol. The van der Waals surface area contributed by atoms with Crippen molar-refractivity contribution in [2.24, 2.45) is 5.92 Å².